The Balaban J connectivity index is 1.90. The van der Waals surface area contributed by atoms with E-state index in [0.29, 0.717) is 34.7 Å². The van der Waals surface area contributed by atoms with Gasteiger partial charge in [0, 0.05) is 11.8 Å². The van der Waals surface area contributed by atoms with Crippen LogP contribution < -0.4 is 15.8 Å². The van der Waals surface area contributed by atoms with E-state index in [-0.39, 0.29) is 11.7 Å². The maximum atomic E-state index is 12.4. The molecule has 3 aromatic rings. The van der Waals surface area contributed by atoms with E-state index in [0.717, 1.165) is 0 Å². The molecule has 0 radical (unpaired) electrons. The molecule has 0 bridgehead atoms. The van der Waals surface area contributed by atoms with E-state index in [2.05, 4.69) is 25.0 Å². The summed E-state index contributed by atoms with van der Waals surface area (Å²) in [6, 6.07) is 4.03. The number of ether oxygens (including phenoxy) is 1. The van der Waals surface area contributed by atoms with Gasteiger partial charge in [0.15, 0.2) is 6.39 Å². The molecule has 26 heavy (non-hydrogen) atoms. The predicted octanol–water partition coefficient (Wildman–Crippen LogP) is 3.53. The van der Waals surface area contributed by atoms with Crippen molar-refractivity contribution in [2.45, 2.75) is 19.8 Å². The molecule has 2 aromatic heterocycles. The number of rotatable bonds is 5. The van der Waals surface area contributed by atoms with E-state index in [9.17, 15) is 13.2 Å². The molecule has 0 spiro atoms. The van der Waals surface area contributed by atoms with Gasteiger partial charge in [0.1, 0.15) is 17.8 Å². The van der Waals surface area contributed by atoms with Gasteiger partial charge in [-0.3, -0.25) is 0 Å². The lowest BCUT2D eigenvalue weighted by molar-refractivity contribution is -0.274. The number of hydrogen-bond acceptors (Lipinski definition) is 7. The Morgan fingerprint density at radius 2 is 2.04 bits per heavy atom. The third kappa shape index (κ3) is 4.21. The first-order valence-corrected chi connectivity index (χ1v) is 7.42. The van der Waals surface area contributed by atoms with Crippen LogP contribution in [0.1, 0.15) is 11.3 Å². The summed E-state index contributed by atoms with van der Waals surface area (Å²) in [6.45, 7) is 1.99. The standard InChI is InChI=1S/C16H14F3N5O2/c1-9-4-11(26-16(17,18)19)2-3-12(9)13-6-22-15(20)24-14(13)21-5-10-7-25-8-23-10/h2-4,6-8H,5H2,1H3,(H3,20,21,22,24). The first-order chi connectivity index (χ1) is 12.3. The summed E-state index contributed by atoms with van der Waals surface area (Å²) < 4.78 is 45.9. The second-order valence-electron chi connectivity index (χ2n) is 5.35. The number of hydrogen-bond donors (Lipinski definition) is 2. The molecular formula is C16H14F3N5O2. The highest BCUT2D eigenvalue weighted by molar-refractivity contribution is 5.77. The van der Waals surface area contributed by atoms with Crippen LogP contribution in [0.25, 0.3) is 11.1 Å². The molecule has 0 aliphatic rings. The van der Waals surface area contributed by atoms with E-state index < -0.39 is 6.36 Å². The number of aryl methyl sites for hydroxylation is 1. The molecule has 0 atom stereocenters. The minimum atomic E-state index is -4.75. The molecule has 0 aliphatic heterocycles. The number of alkyl halides is 3. The lowest BCUT2D eigenvalue weighted by Gasteiger charge is -2.14. The molecule has 10 heteroatoms. The fourth-order valence-electron chi connectivity index (χ4n) is 2.36. The van der Waals surface area contributed by atoms with Gasteiger partial charge in [-0.1, -0.05) is 6.07 Å². The average molecular weight is 365 g/mol. The van der Waals surface area contributed by atoms with Gasteiger partial charge < -0.3 is 20.2 Å². The van der Waals surface area contributed by atoms with Crippen molar-refractivity contribution >= 4 is 11.8 Å². The number of benzene rings is 1. The molecule has 0 unspecified atom stereocenters. The second-order valence-corrected chi connectivity index (χ2v) is 5.35. The van der Waals surface area contributed by atoms with Gasteiger partial charge in [-0.05, 0) is 30.2 Å². The summed E-state index contributed by atoms with van der Waals surface area (Å²) >= 11 is 0. The summed E-state index contributed by atoms with van der Waals surface area (Å²) in [5.74, 6) is 0.186. The highest BCUT2D eigenvalue weighted by atomic mass is 19.4. The number of nitrogens with zero attached hydrogens (tertiary/aromatic N) is 3. The fraction of sp³-hybridized carbons (Fsp3) is 0.188. The van der Waals surface area contributed by atoms with Crippen LogP contribution in [0, 0.1) is 6.92 Å². The summed E-state index contributed by atoms with van der Waals surface area (Å²) in [5, 5.41) is 3.07. The zero-order valence-corrected chi connectivity index (χ0v) is 13.5. The van der Waals surface area contributed by atoms with Crippen LogP contribution in [-0.4, -0.2) is 21.3 Å². The molecule has 0 saturated carbocycles. The highest BCUT2D eigenvalue weighted by Gasteiger charge is 2.31. The second kappa shape index (κ2) is 6.90. The van der Waals surface area contributed by atoms with Crippen LogP contribution in [0.2, 0.25) is 0 Å². The van der Waals surface area contributed by atoms with Crippen LogP contribution in [0.5, 0.6) is 5.75 Å². The van der Waals surface area contributed by atoms with Crippen molar-refractivity contribution in [3.63, 3.8) is 0 Å². The maximum Gasteiger partial charge on any atom is 0.573 e. The number of nitrogen functional groups attached to an aromatic ring is 1. The van der Waals surface area contributed by atoms with Crippen molar-refractivity contribution in [3.8, 4) is 16.9 Å². The van der Waals surface area contributed by atoms with Crippen LogP contribution >= 0.6 is 0 Å². The van der Waals surface area contributed by atoms with Crippen molar-refractivity contribution in [1.29, 1.82) is 0 Å². The zero-order valence-electron chi connectivity index (χ0n) is 13.5. The van der Waals surface area contributed by atoms with Gasteiger partial charge in [-0.15, -0.1) is 13.2 Å². The maximum absolute atomic E-state index is 12.4. The van der Waals surface area contributed by atoms with Gasteiger partial charge in [0.05, 0.1) is 12.2 Å². The van der Waals surface area contributed by atoms with Crippen LogP contribution in [0.3, 0.4) is 0 Å². The number of nitrogens with one attached hydrogen (secondary N) is 1. The molecule has 1 aromatic carbocycles. The molecular weight excluding hydrogens is 351 g/mol. The van der Waals surface area contributed by atoms with Gasteiger partial charge in [0.2, 0.25) is 5.95 Å². The quantitative estimate of drug-likeness (QED) is 0.713. The zero-order chi connectivity index (χ0) is 18.7. The SMILES string of the molecule is Cc1cc(OC(F)(F)F)ccc1-c1cnc(N)nc1NCc1cocn1. The van der Waals surface area contributed by atoms with Crippen molar-refractivity contribution in [1.82, 2.24) is 15.0 Å². The van der Waals surface area contributed by atoms with Crippen molar-refractivity contribution in [2.24, 2.45) is 0 Å². The summed E-state index contributed by atoms with van der Waals surface area (Å²) in [5.41, 5.74) is 8.08. The molecule has 136 valence electrons. The van der Waals surface area contributed by atoms with E-state index in [1.54, 1.807) is 6.92 Å². The van der Waals surface area contributed by atoms with Gasteiger partial charge in [0.25, 0.3) is 0 Å². The topological polar surface area (TPSA) is 99.1 Å². The van der Waals surface area contributed by atoms with E-state index in [4.69, 9.17) is 10.2 Å². The third-order valence-corrected chi connectivity index (χ3v) is 3.45. The fourth-order valence-corrected chi connectivity index (χ4v) is 2.36. The molecule has 0 amide bonds. The van der Waals surface area contributed by atoms with Crippen LogP contribution in [-0.2, 0) is 6.54 Å². The van der Waals surface area contributed by atoms with Crippen molar-refractivity contribution < 1.29 is 22.3 Å². The lowest BCUT2D eigenvalue weighted by atomic mass is 10.0. The van der Waals surface area contributed by atoms with E-state index in [1.807, 2.05) is 0 Å². The smallest absolute Gasteiger partial charge is 0.451 e. The summed E-state index contributed by atoms with van der Waals surface area (Å²) in [6.07, 6.45) is -0.468. The number of halogens is 3. The summed E-state index contributed by atoms with van der Waals surface area (Å²) in [4.78, 5) is 12.1. The van der Waals surface area contributed by atoms with Gasteiger partial charge in [-0.2, -0.15) is 4.98 Å². The Morgan fingerprint density at radius 1 is 1.23 bits per heavy atom. The largest absolute Gasteiger partial charge is 0.573 e. The first-order valence-electron chi connectivity index (χ1n) is 7.42. The minimum absolute atomic E-state index is 0.0612. The number of oxazole rings is 1. The summed E-state index contributed by atoms with van der Waals surface area (Å²) in [7, 11) is 0. The van der Waals surface area contributed by atoms with Gasteiger partial charge >= 0.3 is 6.36 Å². The number of anilines is 2. The van der Waals surface area contributed by atoms with Crippen molar-refractivity contribution in [2.75, 3.05) is 11.1 Å². The van der Waals surface area contributed by atoms with Crippen LogP contribution in [0.15, 0.2) is 41.5 Å². The molecule has 0 saturated heterocycles. The molecule has 0 aliphatic carbocycles. The lowest BCUT2D eigenvalue weighted by Crippen LogP contribution is -2.17. The molecule has 0 fully saturated rings. The van der Waals surface area contributed by atoms with Crippen LogP contribution in [0.4, 0.5) is 24.9 Å². The Labute approximate surface area is 146 Å². The molecule has 3 N–H and O–H groups in total. The Morgan fingerprint density at radius 3 is 2.69 bits per heavy atom. The third-order valence-electron chi connectivity index (χ3n) is 3.45. The Hall–Kier alpha value is -3.30. The molecule has 7 nitrogen and oxygen atoms in total. The Kier molecular flexibility index (Phi) is 4.65. The predicted molar refractivity (Wildman–Crippen MR) is 87.1 cm³/mol. The monoisotopic (exact) mass is 365 g/mol. The average Bonchev–Trinajstić information content (AvgIpc) is 3.06. The first kappa shape index (κ1) is 17.5. The van der Waals surface area contributed by atoms with E-state index in [1.165, 1.54) is 37.1 Å². The van der Waals surface area contributed by atoms with Crippen molar-refractivity contribution in [3.05, 3.63) is 48.3 Å². The van der Waals surface area contributed by atoms with Gasteiger partial charge in [-0.25, -0.2) is 9.97 Å². The Bertz CT molecular complexity index is 897. The van der Waals surface area contributed by atoms with E-state index >= 15 is 0 Å². The normalized spacial score (nSPS) is 11.4. The minimum Gasteiger partial charge on any atom is -0.451 e. The molecule has 2 heterocycles. The number of aromatic nitrogens is 3. The number of nitrogens with two attached hydrogens (primary N) is 1. The highest BCUT2D eigenvalue weighted by Crippen LogP contribution is 2.33. The molecule has 3 rings (SSSR count).